The van der Waals surface area contributed by atoms with Gasteiger partial charge in [-0.3, -0.25) is 4.98 Å². The number of rotatable bonds is 2. The van der Waals surface area contributed by atoms with Crippen LogP contribution in [0, 0.1) is 31.1 Å². The van der Waals surface area contributed by atoms with Gasteiger partial charge in [0.05, 0.1) is 23.7 Å². The van der Waals surface area contributed by atoms with E-state index in [0.717, 1.165) is 46.6 Å². The molecule has 0 bridgehead atoms. The topological polar surface area (TPSA) is 63.3 Å². The molecule has 5 nitrogen and oxygen atoms in total. The summed E-state index contributed by atoms with van der Waals surface area (Å²) in [5.41, 5.74) is 5.37. The first kappa shape index (κ1) is 21.3. The van der Waals surface area contributed by atoms with Crippen molar-refractivity contribution in [2.45, 2.75) is 45.4 Å². The molecule has 3 atom stereocenters. The lowest BCUT2D eigenvalue weighted by Gasteiger charge is -2.48. The highest BCUT2D eigenvalue weighted by atomic mass is 19.1. The summed E-state index contributed by atoms with van der Waals surface area (Å²) in [6.07, 6.45) is 3.82. The predicted molar refractivity (Wildman–Crippen MR) is 125 cm³/mol. The molecule has 2 aromatic heterocycles. The maximum Gasteiger partial charge on any atom is 0.203 e. The average Bonchev–Trinajstić information content (AvgIpc) is 2.81. The van der Waals surface area contributed by atoms with E-state index in [1.807, 2.05) is 26.0 Å². The molecule has 33 heavy (non-hydrogen) atoms. The highest BCUT2D eigenvalue weighted by Gasteiger charge is 2.50. The molecular weight excluding hydrogens is 415 g/mol. The van der Waals surface area contributed by atoms with Gasteiger partial charge < -0.3 is 5.11 Å². The Morgan fingerprint density at radius 1 is 1.15 bits per heavy atom. The van der Waals surface area contributed by atoms with E-state index in [1.165, 1.54) is 12.1 Å². The van der Waals surface area contributed by atoms with E-state index < -0.39 is 5.41 Å². The molecule has 0 radical (unpaired) electrons. The van der Waals surface area contributed by atoms with E-state index >= 15 is 0 Å². The maximum absolute atomic E-state index is 13.7. The van der Waals surface area contributed by atoms with Crippen molar-refractivity contribution in [1.82, 2.24) is 15.0 Å². The maximum atomic E-state index is 13.7. The lowest BCUT2D eigenvalue weighted by molar-refractivity contribution is 0.135. The fourth-order valence-electron chi connectivity index (χ4n) is 5.65. The van der Waals surface area contributed by atoms with Gasteiger partial charge in [-0.1, -0.05) is 13.8 Å². The molecule has 2 aliphatic rings. The third-order valence-electron chi connectivity index (χ3n) is 7.34. The number of aromatic nitrogens is 3. The van der Waals surface area contributed by atoms with Gasteiger partial charge in [0.2, 0.25) is 5.70 Å². The first-order valence-corrected chi connectivity index (χ1v) is 11.2. The van der Waals surface area contributed by atoms with Gasteiger partial charge in [-0.2, -0.15) is 0 Å². The number of aliphatic hydroxyl groups excluding tert-OH is 1. The molecule has 2 heterocycles. The summed E-state index contributed by atoms with van der Waals surface area (Å²) in [6, 6.07) is 10.3. The van der Waals surface area contributed by atoms with E-state index in [0.29, 0.717) is 17.9 Å². The van der Waals surface area contributed by atoms with Crippen molar-refractivity contribution >= 4 is 0 Å². The van der Waals surface area contributed by atoms with Gasteiger partial charge in [-0.25, -0.2) is 19.2 Å². The minimum absolute atomic E-state index is 0.114. The van der Waals surface area contributed by atoms with Crippen LogP contribution in [0.3, 0.4) is 0 Å². The molecule has 0 amide bonds. The molecule has 5 rings (SSSR count). The van der Waals surface area contributed by atoms with E-state index in [9.17, 15) is 9.50 Å². The zero-order chi connectivity index (χ0) is 23.3. The van der Waals surface area contributed by atoms with Crippen molar-refractivity contribution in [3.63, 3.8) is 0 Å². The Hall–Kier alpha value is -3.59. The van der Waals surface area contributed by atoms with Crippen LogP contribution in [-0.4, -0.2) is 20.1 Å². The van der Waals surface area contributed by atoms with Gasteiger partial charge in [0.1, 0.15) is 5.82 Å². The number of aryl methyl sites for hydroxylation is 1. The fourth-order valence-corrected chi connectivity index (χ4v) is 5.65. The summed E-state index contributed by atoms with van der Waals surface area (Å²) >= 11 is 0. The molecule has 6 heteroatoms. The van der Waals surface area contributed by atoms with Crippen molar-refractivity contribution in [2.75, 3.05) is 0 Å². The Labute approximate surface area is 192 Å². The molecule has 0 fully saturated rings. The van der Waals surface area contributed by atoms with Crippen LogP contribution in [0.15, 0.2) is 54.1 Å². The molecule has 0 saturated heterocycles. The normalized spacial score (nSPS) is 24.1. The van der Waals surface area contributed by atoms with Gasteiger partial charge in [0, 0.05) is 39.9 Å². The molecule has 1 aromatic carbocycles. The summed E-state index contributed by atoms with van der Waals surface area (Å²) in [5, 5.41) is 10.7. The average molecular weight is 441 g/mol. The number of nitrogens with zero attached hydrogens (tertiary/aromatic N) is 4. The highest BCUT2D eigenvalue weighted by Crippen LogP contribution is 2.54. The van der Waals surface area contributed by atoms with E-state index in [2.05, 4.69) is 16.8 Å². The Kier molecular flexibility index (Phi) is 5.01. The molecule has 0 saturated carbocycles. The fraction of sp³-hybridized carbons (Fsp3) is 0.333. The molecule has 0 aliphatic heterocycles. The first-order valence-electron chi connectivity index (χ1n) is 11.2. The lowest BCUT2D eigenvalue weighted by Crippen LogP contribution is -2.45. The third-order valence-corrected chi connectivity index (χ3v) is 7.34. The minimum Gasteiger partial charge on any atom is -0.523 e. The summed E-state index contributed by atoms with van der Waals surface area (Å²) in [4.78, 5) is 18.0. The first-order chi connectivity index (χ1) is 15.8. The number of aliphatic hydroxyl groups is 1. The molecule has 1 N–H and O–H groups in total. The van der Waals surface area contributed by atoms with Crippen LogP contribution in [0.1, 0.15) is 43.6 Å². The van der Waals surface area contributed by atoms with Crippen molar-refractivity contribution in [3.8, 4) is 22.6 Å². The van der Waals surface area contributed by atoms with Crippen LogP contribution in [0.5, 0.6) is 0 Å². The van der Waals surface area contributed by atoms with E-state index in [1.54, 1.807) is 18.3 Å². The van der Waals surface area contributed by atoms with Gasteiger partial charge >= 0.3 is 0 Å². The standard InChI is InChI=1S/C27H25FN4O/c1-15-13-18(11-12-30-15)26-31-23(17-5-7-19(28)8-6-17)20-9-10-21-16(2)24(33)22(29-4)14-27(21,3)25(20)32-26/h5-8,11-13,16,21,33H,9-10,14H2,1-3H3/t16-,21-,27-/m1/s1. The Balaban J connectivity index is 1.78. The molecule has 0 unspecified atom stereocenters. The Morgan fingerprint density at radius 3 is 2.61 bits per heavy atom. The number of halogens is 1. The zero-order valence-corrected chi connectivity index (χ0v) is 18.9. The molecule has 2 aliphatic carbocycles. The minimum atomic E-state index is -0.409. The number of benzene rings is 1. The number of pyridine rings is 1. The summed E-state index contributed by atoms with van der Waals surface area (Å²) < 4.78 is 13.7. The number of allylic oxidation sites excluding steroid dienone is 2. The van der Waals surface area contributed by atoms with Crippen molar-refractivity contribution in [1.29, 1.82) is 0 Å². The number of fused-ring (bicyclic) bond motifs is 3. The van der Waals surface area contributed by atoms with Crippen LogP contribution < -0.4 is 0 Å². The van der Waals surface area contributed by atoms with Crippen LogP contribution in [0.25, 0.3) is 27.5 Å². The lowest BCUT2D eigenvalue weighted by atomic mass is 9.57. The summed E-state index contributed by atoms with van der Waals surface area (Å²) in [6.45, 7) is 13.7. The smallest absolute Gasteiger partial charge is 0.203 e. The van der Waals surface area contributed by atoms with Crippen molar-refractivity contribution in [3.05, 3.63) is 88.2 Å². The molecule has 0 spiro atoms. The van der Waals surface area contributed by atoms with Crippen LogP contribution in [0.4, 0.5) is 4.39 Å². The van der Waals surface area contributed by atoms with Gasteiger partial charge in [-0.05, 0) is 68.5 Å². The largest absolute Gasteiger partial charge is 0.523 e. The highest BCUT2D eigenvalue weighted by molar-refractivity contribution is 5.69. The SMILES string of the molecule is [C-]#[N+]C1=C(O)[C@H](C)[C@H]2CCc3c(-c4ccc(F)cc4)nc(-c4ccnc(C)c4)nc3[C@]2(C)C1. The molecular formula is C27H25FN4O. The van der Waals surface area contributed by atoms with Crippen LogP contribution >= 0.6 is 0 Å². The van der Waals surface area contributed by atoms with Crippen LogP contribution in [0.2, 0.25) is 0 Å². The van der Waals surface area contributed by atoms with Crippen molar-refractivity contribution in [2.24, 2.45) is 11.8 Å². The van der Waals surface area contributed by atoms with Gasteiger partial charge in [0.15, 0.2) is 5.82 Å². The molecule has 166 valence electrons. The zero-order valence-electron chi connectivity index (χ0n) is 18.9. The summed E-state index contributed by atoms with van der Waals surface area (Å²) in [7, 11) is 0. The quantitative estimate of drug-likeness (QED) is 0.482. The predicted octanol–water partition coefficient (Wildman–Crippen LogP) is 6.20. The second-order valence-electron chi connectivity index (χ2n) is 9.39. The second kappa shape index (κ2) is 7.77. The summed E-state index contributed by atoms with van der Waals surface area (Å²) in [5.74, 6) is 0.572. The third kappa shape index (κ3) is 3.39. The van der Waals surface area contributed by atoms with Crippen molar-refractivity contribution < 1.29 is 9.50 Å². The number of hydrogen-bond acceptors (Lipinski definition) is 4. The van der Waals surface area contributed by atoms with E-state index in [-0.39, 0.29) is 23.4 Å². The monoisotopic (exact) mass is 440 g/mol. The van der Waals surface area contributed by atoms with Crippen LogP contribution in [-0.2, 0) is 11.8 Å². The molecule has 3 aromatic rings. The Morgan fingerprint density at radius 2 is 1.91 bits per heavy atom. The van der Waals surface area contributed by atoms with Gasteiger partial charge in [0.25, 0.3) is 0 Å². The second-order valence-corrected chi connectivity index (χ2v) is 9.39. The van der Waals surface area contributed by atoms with E-state index in [4.69, 9.17) is 16.5 Å². The number of hydrogen-bond donors (Lipinski definition) is 1. The van der Waals surface area contributed by atoms with Gasteiger partial charge in [-0.15, -0.1) is 0 Å². The Bertz CT molecular complexity index is 1320.